The van der Waals surface area contributed by atoms with Gasteiger partial charge in [-0.05, 0) is 19.8 Å². The predicted molar refractivity (Wildman–Crippen MR) is 92.7 cm³/mol. The first-order valence-electron chi connectivity index (χ1n) is 8.67. The molecule has 0 saturated carbocycles. The first-order valence-corrected chi connectivity index (χ1v) is 8.67. The van der Waals surface area contributed by atoms with E-state index in [0.717, 1.165) is 12.8 Å². The Hall–Kier alpha value is -1.12. The van der Waals surface area contributed by atoms with Crippen molar-refractivity contribution in [3.8, 4) is 0 Å². The molecule has 0 bridgehead atoms. The quantitative estimate of drug-likeness (QED) is 0.382. The molecule has 0 aromatic heterocycles. The molecule has 0 aliphatic carbocycles. The van der Waals surface area contributed by atoms with Crippen LogP contribution < -0.4 is 5.32 Å². The average Bonchev–Trinajstić information content (AvgIpc) is 2.48. The summed E-state index contributed by atoms with van der Waals surface area (Å²) in [7, 11) is 0. The summed E-state index contributed by atoms with van der Waals surface area (Å²) in [6.45, 7) is 10.7. The highest BCUT2D eigenvalue weighted by Gasteiger charge is 2.21. The number of hydrogen-bond donors (Lipinski definition) is 1. The van der Waals surface area contributed by atoms with Gasteiger partial charge in [0.25, 0.3) is 5.91 Å². The Balaban J connectivity index is 4.71. The third-order valence-electron chi connectivity index (χ3n) is 3.75. The molecule has 1 amide bonds. The zero-order chi connectivity index (χ0) is 15.9. The lowest BCUT2D eigenvalue weighted by molar-refractivity contribution is -0.115. The van der Waals surface area contributed by atoms with Gasteiger partial charge < -0.3 is 5.32 Å². The Bertz CT molecular complexity index is 310. The number of aliphatic imine (C=N–C) groups is 1. The van der Waals surface area contributed by atoms with Crippen LogP contribution in [0.4, 0.5) is 0 Å². The number of carbonyl (C=O) groups excluding carboxylic acids is 1. The molecule has 1 unspecified atom stereocenters. The molecule has 0 aromatic rings. The van der Waals surface area contributed by atoms with Gasteiger partial charge in [0, 0.05) is 18.7 Å². The number of amides is 1. The van der Waals surface area contributed by atoms with Crippen LogP contribution in [-0.4, -0.2) is 18.2 Å². The Morgan fingerprint density at radius 1 is 1.05 bits per heavy atom. The van der Waals surface area contributed by atoms with Gasteiger partial charge in [-0.3, -0.25) is 9.79 Å². The zero-order valence-corrected chi connectivity index (χ0v) is 14.3. The highest BCUT2D eigenvalue weighted by atomic mass is 16.1. The summed E-state index contributed by atoms with van der Waals surface area (Å²) in [5, 5.41) is 2.89. The van der Waals surface area contributed by atoms with Crippen LogP contribution in [0, 0.1) is 5.92 Å². The molecule has 3 nitrogen and oxygen atoms in total. The van der Waals surface area contributed by atoms with Crippen LogP contribution in [0.25, 0.3) is 0 Å². The minimum atomic E-state index is -0.0191. The number of nitrogens with one attached hydrogen (secondary N) is 1. The molecule has 0 radical (unpaired) electrons. The molecule has 0 aromatic carbocycles. The van der Waals surface area contributed by atoms with Gasteiger partial charge >= 0.3 is 0 Å². The second kappa shape index (κ2) is 13.8. The Morgan fingerprint density at radius 2 is 1.62 bits per heavy atom. The summed E-state index contributed by atoms with van der Waals surface area (Å²) in [6, 6.07) is 0. The van der Waals surface area contributed by atoms with E-state index >= 15 is 0 Å². The molecule has 0 aliphatic rings. The van der Waals surface area contributed by atoms with Gasteiger partial charge in [-0.15, -0.1) is 0 Å². The first-order chi connectivity index (χ1) is 10.2. The fraction of sp³-hybridized carbons (Fsp3) is 0.778. The minimum absolute atomic E-state index is 0.0191. The summed E-state index contributed by atoms with van der Waals surface area (Å²) >= 11 is 0. The molecule has 1 N–H and O–H groups in total. The van der Waals surface area contributed by atoms with Crippen molar-refractivity contribution < 1.29 is 4.79 Å². The van der Waals surface area contributed by atoms with Crippen molar-refractivity contribution in [1.82, 2.24) is 5.32 Å². The van der Waals surface area contributed by atoms with Crippen molar-refractivity contribution in [1.29, 1.82) is 0 Å². The molecule has 0 heterocycles. The van der Waals surface area contributed by atoms with Crippen molar-refractivity contribution in [2.75, 3.05) is 6.54 Å². The van der Waals surface area contributed by atoms with E-state index in [1.807, 2.05) is 6.92 Å². The van der Waals surface area contributed by atoms with E-state index in [1.54, 1.807) is 0 Å². The van der Waals surface area contributed by atoms with Crippen LogP contribution in [-0.2, 0) is 4.79 Å². The lowest BCUT2D eigenvalue weighted by Crippen LogP contribution is -2.35. The third kappa shape index (κ3) is 9.43. The molecule has 0 saturated heterocycles. The largest absolute Gasteiger partial charge is 0.351 e. The Labute approximate surface area is 131 Å². The van der Waals surface area contributed by atoms with Crippen molar-refractivity contribution in [3.05, 3.63) is 12.8 Å². The smallest absolute Gasteiger partial charge is 0.265 e. The van der Waals surface area contributed by atoms with E-state index in [2.05, 4.69) is 30.7 Å². The molecule has 122 valence electrons. The minimum Gasteiger partial charge on any atom is -0.351 e. The summed E-state index contributed by atoms with van der Waals surface area (Å²) in [6.07, 6.45) is 12.2. The van der Waals surface area contributed by atoms with Gasteiger partial charge in [0.2, 0.25) is 0 Å². The van der Waals surface area contributed by atoms with E-state index in [9.17, 15) is 4.79 Å². The normalized spacial score (nSPS) is 13.0. The topological polar surface area (TPSA) is 41.5 Å². The fourth-order valence-electron chi connectivity index (χ4n) is 2.57. The highest BCUT2D eigenvalue weighted by molar-refractivity contribution is 6.39. The number of unbranched alkanes of at least 4 members (excludes halogenated alkanes) is 5. The van der Waals surface area contributed by atoms with Crippen LogP contribution in [0.1, 0.15) is 78.6 Å². The Kier molecular flexibility index (Phi) is 13.1. The second-order valence-corrected chi connectivity index (χ2v) is 5.60. The molecular weight excluding hydrogens is 260 g/mol. The van der Waals surface area contributed by atoms with Gasteiger partial charge in [0.15, 0.2) is 0 Å². The summed E-state index contributed by atoms with van der Waals surface area (Å²) in [4.78, 5) is 16.5. The van der Waals surface area contributed by atoms with E-state index in [4.69, 9.17) is 0 Å². The number of carbonyl (C=O) groups is 1. The van der Waals surface area contributed by atoms with Gasteiger partial charge in [0.1, 0.15) is 5.71 Å². The summed E-state index contributed by atoms with van der Waals surface area (Å²) in [5.41, 5.74) is 0.680. The number of nitrogens with zero attached hydrogens (tertiary/aromatic N) is 1. The van der Waals surface area contributed by atoms with Crippen molar-refractivity contribution in [2.45, 2.75) is 78.6 Å². The van der Waals surface area contributed by atoms with Crippen LogP contribution in [0.3, 0.4) is 0 Å². The molecule has 3 heteroatoms. The molecule has 21 heavy (non-hydrogen) atoms. The third-order valence-corrected chi connectivity index (χ3v) is 3.75. The summed E-state index contributed by atoms with van der Waals surface area (Å²) < 4.78 is 0. The molecule has 0 spiro atoms. The maximum absolute atomic E-state index is 12.2. The van der Waals surface area contributed by atoms with Crippen LogP contribution in [0.15, 0.2) is 17.8 Å². The maximum Gasteiger partial charge on any atom is 0.265 e. The molecule has 0 aliphatic heterocycles. The van der Waals surface area contributed by atoms with E-state index in [-0.39, 0.29) is 11.8 Å². The molecular formula is C18H34N2O. The highest BCUT2D eigenvalue weighted by Crippen LogP contribution is 2.20. The first kappa shape index (κ1) is 19.9. The molecule has 1 atom stereocenters. The Morgan fingerprint density at radius 3 is 2.14 bits per heavy atom. The van der Waals surface area contributed by atoms with E-state index in [1.165, 1.54) is 51.1 Å². The predicted octanol–water partition coefficient (Wildman–Crippen LogP) is 4.87. The lowest BCUT2D eigenvalue weighted by Gasteiger charge is -2.18. The van der Waals surface area contributed by atoms with Crippen molar-refractivity contribution in [3.63, 3.8) is 0 Å². The lowest BCUT2D eigenvalue weighted by atomic mass is 9.90. The summed E-state index contributed by atoms with van der Waals surface area (Å²) in [5.74, 6) is 0.257. The van der Waals surface area contributed by atoms with Crippen LogP contribution >= 0.6 is 0 Å². The zero-order valence-electron chi connectivity index (χ0n) is 14.3. The van der Waals surface area contributed by atoms with Crippen molar-refractivity contribution >= 4 is 11.6 Å². The second-order valence-electron chi connectivity index (χ2n) is 5.60. The average molecular weight is 294 g/mol. The van der Waals surface area contributed by atoms with Gasteiger partial charge in [0.05, 0.1) is 0 Å². The monoisotopic (exact) mass is 294 g/mol. The fourth-order valence-corrected chi connectivity index (χ4v) is 2.57. The van der Waals surface area contributed by atoms with Gasteiger partial charge in [-0.2, -0.15) is 0 Å². The SMILES string of the molecule is C=CN=C(C(=O)NCC)C(CCCCC)CCCCCC. The molecule has 0 fully saturated rings. The number of rotatable bonds is 13. The number of hydrogen-bond acceptors (Lipinski definition) is 2. The van der Waals surface area contributed by atoms with Gasteiger partial charge in [-0.25, -0.2) is 0 Å². The standard InChI is InChI=1S/C18H34N2O/c1-5-9-11-13-15-16(14-12-10-6-2)17(19-7-3)18(21)20-8-4/h7,16H,3,5-6,8-15H2,1-2,4H3,(H,20,21). The van der Waals surface area contributed by atoms with Crippen LogP contribution in [0.2, 0.25) is 0 Å². The van der Waals surface area contributed by atoms with Crippen molar-refractivity contribution in [2.24, 2.45) is 10.9 Å². The van der Waals surface area contributed by atoms with Crippen LogP contribution in [0.5, 0.6) is 0 Å². The maximum atomic E-state index is 12.2. The van der Waals surface area contributed by atoms with Gasteiger partial charge in [-0.1, -0.05) is 65.4 Å². The molecule has 0 rings (SSSR count). The van der Waals surface area contributed by atoms with E-state index < -0.39 is 0 Å². The van der Waals surface area contributed by atoms with E-state index in [0.29, 0.717) is 12.3 Å².